The number of nitrogens with zero attached hydrogens (tertiary/aromatic N) is 1. The Bertz CT molecular complexity index is 741. The molecule has 1 atom stereocenters. The lowest BCUT2D eigenvalue weighted by Crippen LogP contribution is -2.66. The fourth-order valence-corrected chi connectivity index (χ4v) is 2.87. The van der Waals surface area contributed by atoms with Crippen LogP contribution >= 0.6 is 11.6 Å². The van der Waals surface area contributed by atoms with E-state index in [2.05, 4.69) is 4.74 Å². The average Bonchev–Trinajstić information content (AvgIpc) is 2.63. The molecule has 1 amide bonds. The van der Waals surface area contributed by atoms with Gasteiger partial charge in [0.2, 0.25) is 0 Å². The van der Waals surface area contributed by atoms with Gasteiger partial charge in [-0.05, 0) is 37.4 Å². The van der Waals surface area contributed by atoms with E-state index in [4.69, 9.17) is 27.8 Å². The van der Waals surface area contributed by atoms with Crippen molar-refractivity contribution in [3.8, 4) is 5.75 Å². The van der Waals surface area contributed by atoms with Gasteiger partial charge in [0.15, 0.2) is 0 Å². The highest BCUT2D eigenvalue weighted by atomic mass is 35.5. The highest BCUT2D eigenvalue weighted by molar-refractivity contribution is 6.30. The van der Waals surface area contributed by atoms with Gasteiger partial charge in [0.1, 0.15) is 11.6 Å². The van der Waals surface area contributed by atoms with Crippen LogP contribution in [0, 0.1) is 11.7 Å². The Morgan fingerprint density at radius 1 is 1.25 bits per heavy atom. The fourth-order valence-electron chi connectivity index (χ4n) is 2.75. The molecule has 2 rings (SSSR count). The molecule has 1 aliphatic rings. The fraction of sp³-hybridized carbons (Fsp3) is 0.500. The largest absolute Gasteiger partial charge is 0.491 e. The minimum Gasteiger partial charge on any atom is -0.432 e. The maximum absolute atomic E-state index is 13.7. The van der Waals surface area contributed by atoms with E-state index in [0.717, 1.165) is 23.1 Å². The summed E-state index contributed by atoms with van der Waals surface area (Å²) in [6.45, 7) is 0.348. The summed E-state index contributed by atoms with van der Waals surface area (Å²) in [6.07, 6.45) is -4.62. The minimum absolute atomic E-state index is 0.00597. The molecule has 4 N–H and O–H groups in total. The zero-order valence-electron chi connectivity index (χ0n) is 14.5. The smallest absolute Gasteiger partial charge is 0.432 e. The number of carbonyl (C=O) groups excluding carboxylic acids is 2. The molecule has 1 aromatic rings. The van der Waals surface area contributed by atoms with Gasteiger partial charge >= 0.3 is 24.0 Å². The van der Waals surface area contributed by atoms with Crippen LogP contribution in [0.3, 0.4) is 0 Å². The van der Waals surface area contributed by atoms with Crippen molar-refractivity contribution in [3.63, 3.8) is 0 Å². The van der Waals surface area contributed by atoms with Crippen LogP contribution in [0.4, 0.5) is 17.6 Å². The van der Waals surface area contributed by atoms with Gasteiger partial charge in [0.25, 0.3) is 0 Å². The van der Waals surface area contributed by atoms with Gasteiger partial charge in [-0.2, -0.15) is 13.2 Å². The van der Waals surface area contributed by atoms with Gasteiger partial charge in [-0.15, -0.1) is 0 Å². The predicted molar refractivity (Wildman–Crippen MR) is 89.5 cm³/mol. The summed E-state index contributed by atoms with van der Waals surface area (Å²) >= 11 is 5.56. The molecule has 1 aliphatic heterocycles. The van der Waals surface area contributed by atoms with Gasteiger partial charge in [-0.25, -0.2) is 14.1 Å². The van der Waals surface area contributed by atoms with Crippen LogP contribution in [-0.2, 0) is 14.3 Å². The molecule has 0 spiro atoms. The second kappa shape index (κ2) is 8.50. The van der Waals surface area contributed by atoms with Crippen molar-refractivity contribution >= 4 is 23.5 Å². The maximum atomic E-state index is 13.7. The van der Waals surface area contributed by atoms with Crippen LogP contribution in [0.5, 0.6) is 5.75 Å². The Morgan fingerprint density at radius 2 is 1.86 bits per heavy atom. The summed E-state index contributed by atoms with van der Waals surface area (Å²) < 4.78 is 61.7. The Labute approximate surface area is 162 Å². The third-order valence-electron chi connectivity index (χ3n) is 4.29. The number of ether oxygens (including phenoxy) is 2. The number of carbonyl (C=O) groups is 2. The number of halogens is 5. The first-order chi connectivity index (χ1) is 13.0. The summed E-state index contributed by atoms with van der Waals surface area (Å²) in [5, 5.41) is -0.284. The molecule has 1 saturated heterocycles. The Balaban J connectivity index is 2.43. The predicted octanol–water partition coefficient (Wildman–Crippen LogP) is 1.77. The van der Waals surface area contributed by atoms with Crippen molar-refractivity contribution in [1.82, 2.24) is 4.90 Å². The Morgan fingerprint density at radius 3 is 2.32 bits per heavy atom. The first-order valence-electron chi connectivity index (χ1n) is 8.19. The Hall–Kier alpha value is -2.11. The highest BCUT2D eigenvalue weighted by Crippen LogP contribution is 2.32. The summed E-state index contributed by atoms with van der Waals surface area (Å²) in [4.78, 5) is 24.7. The van der Waals surface area contributed by atoms with E-state index in [9.17, 15) is 27.2 Å². The van der Waals surface area contributed by atoms with Crippen molar-refractivity contribution in [2.45, 2.75) is 24.9 Å². The number of hydrogen-bond donors (Lipinski definition) is 2. The molecule has 28 heavy (non-hydrogen) atoms. The number of rotatable bonds is 6. The minimum atomic E-state index is -5.41. The number of esters is 1. The molecule has 1 unspecified atom stereocenters. The molecule has 12 heteroatoms. The van der Waals surface area contributed by atoms with Crippen LogP contribution in [0.1, 0.15) is 12.8 Å². The van der Waals surface area contributed by atoms with Crippen molar-refractivity contribution in [3.05, 3.63) is 29.0 Å². The number of primary amides is 1. The van der Waals surface area contributed by atoms with E-state index in [1.165, 1.54) is 0 Å². The Kier molecular flexibility index (Phi) is 6.73. The number of hydrogen-bond acceptors (Lipinski definition) is 6. The molecule has 7 nitrogen and oxygen atoms in total. The van der Waals surface area contributed by atoms with Crippen molar-refractivity contribution in [2.75, 3.05) is 19.6 Å². The zero-order valence-corrected chi connectivity index (χ0v) is 15.2. The normalized spacial score (nSPS) is 18.4. The SMILES string of the molecule is NCC1CCN(C(OC(=O)C(F)(F)F)(Oc2ccc(Cl)c(F)c2)C(N)=O)CC1. The lowest BCUT2D eigenvalue weighted by molar-refractivity contribution is -0.275. The van der Waals surface area contributed by atoms with E-state index < -0.39 is 35.5 Å². The lowest BCUT2D eigenvalue weighted by atomic mass is 9.96. The van der Waals surface area contributed by atoms with Gasteiger partial charge in [0.05, 0.1) is 5.02 Å². The van der Waals surface area contributed by atoms with Crippen LogP contribution in [0.15, 0.2) is 18.2 Å². The van der Waals surface area contributed by atoms with Crippen molar-refractivity contribution < 1.29 is 36.6 Å². The van der Waals surface area contributed by atoms with Crippen molar-refractivity contribution in [1.29, 1.82) is 0 Å². The molecule has 0 saturated carbocycles. The number of likely N-dealkylation sites (tertiary alicyclic amines) is 1. The second-order valence-corrected chi connectivity index (χ2v) is 6.58. The number of piperidine rings is 1. The van der Waals surface area contributed by atoms with Crippen molar-refractivity contribution in [2.24, 2.45) is 17.4 Å². The molecule has 0 aromatic heterocycles. The number of benzene rings is 1. The standard InChI is InChI=1S/C16H18ClF4N3O4/c17-11-2-1-10(7-12(11)18)27-16(13(23)25,28-14(26)15(19,20)21)24-5-3-9(8-22)4-6-24/h1-2,7,9H,3-6,8,22H2,(H2,23,25). The van der Waals surface area contributed by atoms with Crippen LogP contribution in [0.2, 0.25) is 5.02 Å². The third kappa shape index (κ3) is 4.83. The second-order valence-electron chi connectivity index (χ2n) is 6.18. The van der Waals surface area contributed by atoms with Crippen LogP contribution in [0.25, 0.3) is 0 Å². The molecule has 0 bridgehead atoms. The zero-order chi connectivity index (χ0) is 21.1. The molecule has 1 fully saturated rings. The molecule has 0 radical (unpaired) electrons. The monoisotopic (exact) mass is 427 g/mol. The molecular formula is C16H18ClF4N3O4. The van der Waals surface area contributed by atoms with E-state index in [1.807, 2.05) is 0 Å². The van der Waals surface area contributed by atoms with Gasteiger partial charge in [0, 0.05) is 19.2 Å². The molecule has 156 valence electrons. The molecule has 1 aromatic carbocycles. The topological polar surface area (TPSA) is 108 Å². The third-order valence-corrected chi connectivity index (χ3v) is 4.59. The van der Waals surface area contributed by atoms with E-state index in [0.29, 0.717) is 19.4 Å². The van der Waals surface area contributed by atoms with Gasteiger partial charge < -0.3 is 20.9 Å². The van der Waals surface area contributed by atoms with E-state index in [-0.39, 0.29) is 24.0 Å². The highest BCUT2D eigenvalue weighted by Gasteiger charge is 2.55. The number of nitrogens with two attached hydrogens (primary N) is 2. The number of alkyl halides is 3. The quantitative estimate of drug-likeness (QED) is 0.407. The van der Waals surface area contributed by atoms with E-state index >= 15 is 0 Å². The van der Waals surface area contributed by atoms with Gasteiger partial charge in [-0.1, -0.05) is 11.6 Å². The average molecular weight is 428 g/mol. The summed E-state index contributed by atoms with van der Waals surface area (Å²) in [6, 6.07) is 2.88. The van der Waals surface area contributed by atoms with Crippen LogP contribution < -0.4 is 16.2 Å². The molecular weight excluding hydrogens is 410 g/mol. The summed E-state index contributed by atoms with van der Waals surface area (Å²) in [5.41, 5.74) is 10.9. The van der Waals surface area contributed by atoms with E-state index in [1.54, 1.807) is 0 Å². The maximum Gasteiger partial charge on any atom is 0.491 e. The number of amides is 1. The van der Waals surface area contributed by atoms with Gasteiger partial charge in [-0.3, -0.25) is 4.79 Å². The first kappa shape index (κ1) is 22.2. The summed E-state index contributed by atoms with van der Waals surface area (Å²) in [7, 11) is 0. The first-order valence-corrected chi connectivity index (χ1v) is 8.56. The molecule has 1 heterocycles. The summed E-state index contributed by atoms with van der Waals surface area (Å²) in [5.74, 6) is -8.41. The lowest BCUT2D eigenvalue weighted by Gasteiger charge is -2.42. The van der Waals surface area contributed by atoms with Crippen LogP contribution in [-0.4, -0.2) is 48.5 Å². The molecule has 0 aliphatic carbocycles.